The summed E-state index contributed by atoms with van der Waals surface area (Å²) >= 11 is 0. The average molecular weight is 155 g/mol. The van der Waals surface area contributed by atoms with Crippen LogP contribution in [0.5, 0.6) is 0 Å². The van der Waals surface area contributed by atoms with Gasteiger partial charge in [-0.1, -0.05) is 13.8 Å². The smallest absolute Gasteiger partial charge is 0.197 e. The van der Waals surface area contributed by atoms with E-state index >= 15 is 0 Å². The first-order valence-corrected chi connectivity index (χ1v) is 3.48. The van der Waals surface area contributed by atoms with Crippen LogP contribution in [0.25, 0.3) is 0 Å². The van der Waals surface area contributed by atoms with E-state index in [2.05, 4.69) is 15.3 Å². The number of aliphatic imine (C=N–C) groups is 2. The summed E-state index contributed by atoms with van der Waals surface area (Å²) < 4.78 is 0. The maximum Gasteiger partial charge on any atom is 0.197 e. The molecule has 5 heteroatoms. The highest BCUT2D eigenvalue weighted by Gasteiger charge is 2.29. The lowest BCUT2D eigenvalue weighted by atomic mass is 10.1. The zero-order chi connectivity index (χ0) is 8.48. The Labute approximate surface area is 65.6 Å². The number of hydrogen-bond acceptors (Lipinski definition) is 5. The second kappa shape index (κ2) is 2.50. The summed E-state index contributed by atoms with van der Waals surface area (Å²) in [5, 5.41) is 2.80. The van der Waals surface area contributed by atoms with Gasteiger partial charge in [0.05, 0.1) is 0 Å². The van der Waals surface area contributed by atoms with Crippen molar-refractivity contribution in [2.45, 2.75) is 19.6 Å². The van der Waals surface area contributed by atoms with E-state index in [0.717, 1.165) is 0 Å². The molecule has 0 aromatic rings. The Morgan fingerprint density at radius 3 is 2.64 bits per heavy atom. The van der Waals surface area contributed by atoms with E-state index in [1.165, 1.54) is 6.34 Å². The van der Waals surface area contributed by atoms with Crippen LogP contribution in [0.15, 0.2) is 9.98 Å². The highest BCUT2D eigenvalue weighted by atomic mass is 15.3. The van der Waals surface area contributed by atoms with Gasteiger partial charge < -0.3 is 11.1 Å². The molecule has 0 amide bonds. The van der Waals surface area contributed by atoms with E-state index in [1.54, 1.807) is 0 Å². The lowest BCUT2D eigenvalue weighted by molar-refractivity contribution is 0.295. The first kappa shape index (κ1) is 8.00. The van der Waals surface area contributed by atoms with Crippen molar-refractivity contribution in [2.75, 3.05) is 0 Å². The second-order valence-corrected chi connectivity index (χ2v) is 2.86. The first-order chi connectivity index (χ1) is 5.04. The molecule has 1 aliphatic rings. The van der Waals surface area contributed by atoms with Crippen molar-refractivity contribution in [1.82, 2.24) is 5.32 Å². The van der Waals surface area contributed by atoms with Gasteiger partial charge in [0, 0.05) is 5.92 Å². The first-order valence-electron chi connectivity index (χ1n) is 3.48. The molecule has 0 saturated heterocycles. The van der Waals surface area contributed by atoms with Gasteiger partial charge in [0.25, 0.3) is 0 Å². The van der Waals surface area contributed by atoms with E-state index in [4.69, 9.17) is 11.5 Å². The van der Waals surface area contributed by atoms with E-state index in [-0.39, 0.29) is 5.92 Å². The van der Waals surface area contributed by atoms with E-state index in [1.807, 2.05) is 13.8 Å². The molecule has 1 unspecified atom stereocenters. The number of nitrogens with zero attached hydrogens (tertiary/aromatic N) is 2. The van der Waals surface area contributed by atoms with E-state index in [9.17, 15) is 0 Å². The van der Waals surface area contributed by atoms with Gasteiger partial charge in [-0.2, -0.15) is 0 Å². The number of hydrogen-bond donors (Lipinski definition) is 3. The molecule has 0 fully saturated rings. The number of guanidine groups is 1. The molecule has 5 nitrogen and oxygen atoms in total. The van der Waals surface area contributed by atoms with Crippen LogP contribution in [-0.4, -0.2) is 18.1 Å². The molecular weight excluding hydrogens is 142 g/mol. The summed E-state index contributed by atoms with van der Waals surface area (Å²) in [6, 6.07) is 0. The Morgan fingerprint density at radius 1 is 1.64 bits per heavy atom. The highest BCUT2D eigenvalue weighted by Crippen LogP contribution is 2.12. The normalized spacial score (nSPS) is 30.0. The largest absolute Gasteiger partial charge is 0.370 e. The summed E-state index contributed by atoms with van der Waals surface area (Å²) in [5.74, 6) is -0.296. The van der Waals surface area contributed by atoms with Crippen LogP contribution in [0.2, 0.25) is 0 Å². The molecule has 0 bridgehead atoms. The summed E-state index contributed by atoms with van der Waals surface area (Å²) in [6.45, 7) is 3.92. The number of rotatable bonds is 1. The molecule has 62 valence electrons. The third-order valence-electron chi connectivity index (χ3n) is 1.68. The Kier molecular flexibility index (Phi) is 1.82. The van der Waals surface area contributed by atoms with Gasteiger partial charge in [-0.15, -0.1) is 0 Å². The van der Waals surface area contributed by atoms with Gasteiger partial charge in [-0.3, -0.25) is 5.73 Å². The molecule has 0 aromatic heterocycles. The topological polar surface area (TPSA) is 88.8 Å². The van der Waals surface area contributed by atoms with Crippen molar-refractivity contribution in [3.05, 3.63) is 0 Å². The van der Waals surface area contributed by atoms with Gasteiger partial charge in [-0.05, 0) is 0 Å². The minimum absolute atomic E-state index is 0.174. The van der Waals surface area contributed by atoms with Gasteiger partial charge in [0.1, 0.15) is 6.34 Å². The molecule has 1 heterocycles. The monoisotopic (exact) mass is 155 g/mol. The maximum atomic E-state index is 5.82. The van der Waals surface area contributed by atoms with Crippen molar-refractivity contribution < 1.29 is 0 Å². The summed E-state index contributed by atoms with van der Waals surface area (Å²) in [7, 11) is 0. The summed E-state index contributed by atoms with van der Waals surface area (Å²) in [4.78, 5) is 7.70. The molecule has 5 N–H and O–H groups in total. The summed E-state index contributed by atoms with van der Waals surface area (Å²) in [5.41, 5.74) is 11.2. The SMILES string of the molecule is CC(C)C1(N)N=CN=C(N)N1. The van der Waals surface area contributed by atoms with Crippen LogP contribution in [0.3, 0.4) is 0 Å². The molecule has 0 spiro atoms. The van der Waals surface area contributed by atoms with E-state index in [0.29, 0.717) is 5.96 Å². The third-order valence-corrected chi connectivity index (χ3v) is 1.68. The third kappa shape index (κ3) is 1.48. The Balaban J connectivity index is 2.78. The molecule has 1 rings (SSSR count). The van der Waals surface area contributed by atoms with E-state index < -0.39 is 5.79 Å². The Bertz CT molecular complexity index is 207. The zero-order valence-electron chi connectivity index (χ0n) is 6.70. The molecule has 0 radical (unpaired) electrons. The molecule has 1 atom stereocenters. The fourth-order valence-corrected chi connectivity index (χ4v) is 0.750. The highest BCUT2D eigenvalue weighted by molar-refractivity contribution is 5.87. The molecule has 1 aliphatic heterocycles. The van der Waals surface area contributed by atoms with Crippen LogP contribution >= 0.6 is 0 Å². The molecule has 11 heavy (non-hydrogen) atoms. The van der Waals surface area contributed by atoms with Crippen molar-refractivity contribution >= 4 is 12.3 Å². The minimum atomic E-state index is -0.786. The molecule has 0 aliphatic carbocycles. The number of nitrogens with one attached hydrogen (secondary N) is 1. The van der Waals surface area contributed by atoms with Crippen molar-refractivity contribution in [3.8, 4) is 0 Å². The van der Waals surface area contributed by atoms with Crippen molar-refractivity contribution in [2.24, 2.45) is 27.4 Å². The summed E-state index contributed by atoms with van der Waals surface area (Å²) in [6.07, 6.45) is 1.38. The molecule has 0 aromatic carbocycles. The van der Waals surface area contributed by atoms with Gasteiger partial charge in [0.2, 0.25) is 0 Å². The van der Waals surface area contributed by atoms with Crippen LogP contribution in [0.4, 0.5) is 0 Å². The van der Waals surface area contributed by atoms with Crippen molar-refractivity contribution in [3.63, 3.8) is 0 Å². The van der Waals surface area contributed by atoms with Crippen LogP contribution in [0.1, 0.15) is 13.8 Å². The predicted octanol–water partition coefficient (Wildman–Crippen LogP) is -0.799. The molecule has 0 saturated carbocycles. The number of nitrogens with two attached hydrogens (primary N) is 2. The van der Waals surface area contributed by atoms with Crippen LogP contribution < -0.4 is 16.8 Å². The average Bonchev–Trinajstić information content (AvgIpc) is 1.86. The standard InChI is InChI=1S/C6H13N5/c1-4(2)6(8)10-3-9-5(7)11-6/h3-4H,8H2,1-2H3,(H3,7,9,10,11). The predicted molar refractivity (Wildman–Crippen MR) is 45.0 cm³/mol. The van der Waals surface area contributed by atoms with Gasteiger partial charge in [-0.25, -0.2) is 9.98 Å². The van der Waals surface area contributed by atoms with Gasteiger partial charge in [0.15, 0.2) is 11.7 Å². The second-order valence-electron chi connectivity index (χ2n) is 2.86. The van der Waals surface area contributed by atoms with Crippen LogP contribution in [0, 0.1) is 5.92 Å². The Hall–Kier alpha value is -1.10. The van der Waals surface area contributed by atoms with Crippen LogP contribution in [-0.2, 0) is 0 Å². The zero-order valence-corrected chi connectivity index (χ0v) is 6.70. The molecular formula is C6H13N5. The lowest BCUT2D eigenvalue weighted by Gasteiger charge is -2.31. The quantitative estimate of drug-likeness (QED) is 0.463. The maximum absolute atomic E-state index is 5.82. The van der Waals surface area contributed by atoms with Crippen molar-refractivity contribution in [1.29, 1.82) is 0 Å². The fraction of sp³-hybridized carbons (Fsp3) is 0.667. The van der Waals surface area contributed by atoms with Gasteiger partial charge >= 0.3 is 0 Å². The Morgan fingerprint density at radius 2 is 2.27 bits per heavy atom. The fourth-order valence-electron chi connectivity index (χ4n) is 0.750. The lowest BCUT2D eigenvalue weighted by Crippen LogP contribution is -2.61. The minimum Gasteiger partial charge on any atom is -0.370 e.